The number of hydrogen-bond acceptors (Lipinski definition) is 2. The quantitative estimate of drug-likeness (QED) is 0.713. The van der Waals surface area contributed by atoms with E-state index in [4.69, 9.17) is 0 Å². The lowest BCUT2D eigenvalue weighted by Crippen LogP contribution is -2.15. The highest BCUT2D eigenvalue weighted by molar-refractivity contribution is 5.53. The molecule has 0 aliphatic heterocycles. The minimum absolute atomic E-state index is 0.150. The zero-order valence-electron chi connectivity index (χ0n) is 10.7. The Morgan fingerprint density at radius 3 is 1.11 bits per heavy atom. The highest BCUT2D eigenvalue weighted by Crippen LogP contribution is 2.24. The SMILES string of the molecule is O=CC1CCC(F)CC1.O=CC1CCC(F)CC1. The van der Waals surface area contributed by atoms with Crippen LogP contribution < -0.4 is 0 Å². The summed E-state index contributed by atoms with van der Waals surface area (Å²) in [6.07, 6.45) is 5.99. The maximum atomic E-state index is 12.4. The molecule has 4 heteroatoms. The lowest BCUT2D eigenvalue weighted by atomic mass is 9.89. The van der Waals surface area contributed by atoms with Gasteiger partial charge in [-0.15, -0.1) is 0 Å². The fourth-order valence-corrected chi connectivity index (χ4v) is 2.43. The Balaban J connectivity index is 0.000000180. The molecule has 2 aliphatic rings. The number of carbonyl (C=O) groups excluding carboxylic acids is 2. The predicted molar refractivity (Wildman–Crippen MR) is 65.8 cm³/mol. The summed E-state index contributed by atoms with van der Waals surface area (Å²) in [6.45, 7) is 0. The highest BCUT2D eigenvalue weighted by Gasteiger charge is 2.19. The molecule has 0 bridgehead atoms. The van der Waals surface area contributed by atoms with Crippen molar-refractivity contribution in [1.29, 1.82) is 0 Å². The molecule has 18 heavy (non-hydrogen) atoms. The van der Waals surface area contributed by atoms with Crippen molar-refractivity contribution in [3.63, 3.8) is 0 Å². The molecule has 0 radical (unpaired) electrons. The van der Waals surface area contributed by atoms with Crippen LogP contribution in [0.1, 0.15) is 51.4 Å². The standard InChI is InChI=1S/2C7H11FO/c2*8-7-3-1-6(5-9)2-4-7/h2*5-7H,1-4H2. The maximum Gasteiger partial charge on any atom is 0.123 e. The van der Waals surface area contributed by atoms with Gasteiger partial charge in [0.15, 0.2) is 0 Å². The third-order valence-electron chi connectivity index (χ3n) is 3.79. The molecule has 0 amide bonds. The van der Waals surface area contributed by atoms with Gasteiger partial charge in [0.05, 0.1) is 0 Å². The molecule has 0 spiro atoms. The summed E-state index contributed by atoms with van der Waals surface area (Å²) >= 11 is 0. The molecule has 2 nitrogen and oxygen atoms in total. The molecule has 0 saturated heterocycles. The Morgan fingerprint density at radius 1 is 0.611 bits per heavy atom. The van der Waals surface area contributed by atoms with Crippen LogP contribution in [0.25, 0.3) is 0 Å². The van der Waals surface area contributed by atoms with Crippen LogP contribution in [0.2, 0.25) is 0 Å². The largest absolute Gasteiger partial charge is 0.303 e. The molecule has 104 valence electrons. The van der Waals surface area contributed by atoms with Crippen molar-refractivity contribution >= 4 is 12.6 Å². The minimum atomic E-state index is -0.638. The summed E-state index contributed by atoms with van der Waals surface area (Å²) < 4.78 is 24.8. The summed E-state index contributed by atoms with van der Waals surface area (Å²) in [5, 5.41) is 0. The van der Waals surface area contributed by atoms with Gasteiger partial charge in [0.25, 0.3) is 0 Å². The molecule has 0 unspecified atom stereocenters. The van der Waals surface area contributed by atoms with E-state index in [1.807, 2.05) is 0 Å². The van der Waals surface area contributed by atoms with E-state index in [0.717, 1.165) is 38.3 Å². The van der Waals surface area contributed by atoms with Gasteiger partial charge in [0, 0.05) is 11.8 Å². The van der Waals surface area contributed by atoms with Crippen LogP contribution in [0.15, 0.2) is 0 Å². The Bertz CT molecular complexity index is 216. The summed E-state index contributed by atoms with van der Waals surface area (Å²) in [4.78, 5) is 20.3. The number of aldehydes is 2. The first-order valence-corrected chi connectivity index (χ1v) is 6.84. The Kier molecular flexibility index (Phi) is 7.06. The second-order valence-electron chi connectivity index (χ2n) is 5.30. The van der Waals surface area contributed by atoms with Crippen molar-refractivity contribution in [2.24, 2.45) is 11.8 Å². The number of rotatable bonds is 2. The summed E-state index contributed by atoms with van der Waals surface area (Å²) in [6, 6.07) is 0. The number of hydrogen-bond donors (Lipinski definition) is 0. The van der Waals surface area contributed by atoms with Crippen LogP contribution in [0.4, 0.5) is 8.78 Å². The van der Waals surface area contributed by atoms with E-state index >= 15 is 0 Å². The number of carbonyl (C=O) groups is 2. The van der Waals surface area contributed by atoms with Gasteiger partial charge in [-0.05, 0) is 51.4 Å². The van der Waals surface area contributed by atoms with Crippen LogP contribution >= 0.6 is 0 Å². The second kappa shape index (κ2) is 8.33. The predicted octanol–water partition coefficient (Wildman–Crippen LogP) is 3.43. The molecular formula is C14H22F2O2. The van der Waals surface area contributed by atoms with Gasteiger partial charge < -0.3 is 9.59 Å². The Labute approximate surface area is 107 Å². The van der Waals surface area contributed by atoms with Crippen LogP contribution in [-0.4, -0.2) is 24.9 Å². The second-order valence-corrected chi connectivity index (χ2v) is 5.30. The summed E-state index contributed by atoms with van der Waals surface area (Å²) in [7, 11) is 0. The molecule has 2 rings (SSSR count). The van der Waals surface area contributed by atoms with Crippen molar-refractivity contribution in [1.82, 2.24) is 0 Å². The average Bonchev–Trinajstić information content (AvgIpc) is 2.41. The van der Waals surface area contributed by atoms with Crippen molar-refractivity contribution < 1.29 is 18.4 Å². The third-order valence-corrected chi connectivity index (χ3v) is 3.79. The van der Waals surface area contributed by atoms with Crippen LogP contribution in [0.3, 0.4) is 0 Å². The van der Waals surface area contributed by atoms with Gasteiger partial charge in [0.1, 0.15) is 24.9 Å². The normalized spacial score (nSPS) is 36.1. The van der Waals surface area contributed by atoms with Crippen molar-refractivity contribution in [3.8, 4) is 0 Å². The first-order chi connectivity index (χ1) is 8.65. The highest BCUT2D eigenvalue weighted by atomic mass is 19.1. The van der Waals surface area contributed by atoms with Crippen LogP contribution in [0, 0.1) is 11.8 Å². The maximum absolute atomic E-state index is 12.4. The van der Waals surface area contributed by atoms with Gasteiger partial charge >= 0.3 is 0 Å². The molecule has 0 aromatic rings. The topological polar surface area (TPSA) is 34.1 Å². The monoisotopic (exact) mass is 260 g/mol. The number of alkyl halides is 2. The average molecular weight is 260 g/mol. The van der Waals surface area contributed by atoms with Crippen LogP contribution in [0.5, 0.6) is 0 Å². The zero-order valence-corrected chi connectivity index (χ0v) is 10.7. The van der Waals surface area contributed by atoms with Gasteiger partial charge in [-0.25, -0.2) is 8.78 Å². The molecule has 0 heterocycles. The van der Waals surface area contributed by atoms with E-state index in [2.05, 4.69) is 0 Å². The van der Waals surface area contributed by atoms with E-state index < -0.39 is 12.3 Å². The van der Waals surface area contributed by atoms with Crippen molar-refractivity contribution in [2.75, 3.05) is 0 Å². The molecule has 0 aromatic carbocycles. The molecule has 2 aliphatic carbocycles. The molecular weight excluding hydrogens is 238 g/mol. The molecule has 2 saturated carbocycles. The lowest BCUT2D eigenvalue weighted by Gasteiger charge is -2.18. The van der Waals surface area contributed by atoms with E-state index in [1.54, 1.807) is 0 Å². The fourth-order valence-electron chi connectivity index (χ4n) is 2.43. The van der Waals surface area contributed by atoms with Gasteiger partial charge in [-0.1, -0.05) is 0 Å². The molecule has 0 aromatic heterocycles. The van der Waals surface area contributed by atoms with E-state index in [0.29, 0.717) is 25.7 Å². The van der Waals surface area contributed by atoms with Crippen LogP contribution in [-0.2, 0) is 9.59 Å². The summed E-state index contributed by atoms with van der Waals surface area (Å²) in [5.74, 6) is 0.300. The minimum Gasteiger partial charge on any atom is -0.303 e. The van der Waals surface area contributed by atoms with E-state index in [9.17, 15) is 18.4 Å². The Morgan fingerprint density at radius 2 is 0.889 bits per heavy atom. The molecule has 2 fully saturated rings. The first kappa shape index (κ1) is 15.3. The van der Waals surface area contributed by atoms with E-state index in [-0.39, 0.29) is 11.8 Å². The van der Waals surface area contributed by atoms with E-state index in [1.165, 1.54) is 0 Å². The Hall–Kier alpha value is -0.800. The van der Waals surface area contributed by atoms with Crippen molar-refractivity contribution in [2.45, 2.75) is 63.7 Å². The molecule has 0 N–H and O–H groups in total. The van der Waals surface area contributed by atoms with Gasteiger partial charge in [0.2, 0.25) is 0 Å². The zero-order chi connectivity index (χ0) is 13.4. The van der Waals surface area contributed by atoms with Gasteiger partial charge in [-0.2, -0.15) is 0 Å². The summed E-state index contributed by atoms with van der Waals surface area (Å²) in [5.41, 5.74) is 0. The smallest absolute Gasteiger partial charge is 0.123 e. The van der Waals surface area contributed by atoms with Crippen molar-refractivity contribution in [3.05, 3.63) is 0 Å². The first-order valence-electron chi connectivity index (χ1n) is 6.84. The lowest BCUT2D eigenvalue weighted by molar-refractivity contribution is -0.112. The number of halogens is 2. The fraction of sp³-hybridized carbons (Fsp3) is 0.857. The molecule has 0 atom stereocenters. The van der Waals surface area contributed by atoms with Gasteiger partial charge in [-0.3, -0.25) is 0 Å². The third kappa shape index (κ3) is 5.69.